The summed E-state index contributed by atoms with van der Waals surface area (Å²) in [5.41, 5.74) is 13.0. The third-order valence-corrected chi connectivity index (χ3v) is 3.89. The summed E-state index contributed by atoms with van der Waals surface area (Å²) >= 11 is 7.67. The fraction of sp³-hybridized carbons (Fsp3) is 0.364. The molecule has 6 nitrogen and oxygen atoms in total. The van der Waals surface area contributed by atoms with E-state index in [1.54, 1.807) is 0 Å². The van der Waals surface area contributed by atoms with Gasteiger partial charge in [-0.15, -0.1) is 0 Å². The number of rotatable bonds is 4. The molecule has 0 unspecified atom stereocenters. The summed E-state index contributed by atoms with van der Waals surface area (Å²) in [6.07, 6.45) is 0. The molecule has 0 aliphatic rings. The van der Waals surface area contributed by atoms with Gasteiger partial charge in [-0.3, -0.25) is 4.68 Å². The van der Waals surface area contributed by atoms with E-state index in [-0.39, 0.29) is 0 Å². The van der Waals surface area contributed by atoms with Crippen LogP contribution in [0, 0.1) is 6.92 Å². The summed E-state index contributed by atoms with van der Waals surface area (Å²) in [5, 5.41) is 5.58. The second kappa shape index (κ2) is 5.66. The van der Waals surface area contributed by atoms with Crippen LogP contribution in [0.2, 0.25) is 5.02 Å². The quantitative estimate of drug-likeness (QED) is 0.663. The van der Waals surface area contributed by atoms with Gasteiger partial charge in [-0.25, -0.2) is 9.97 Å². The average molecular weight is 299 g/mol. The molecule has 0 spiro atoms. The molecule has 0 bridgehead atoms. The number of aromatic nitrogens is 4. The molecule has 0 fully saturated rings. The van der Waals surface area contributed by atoms with E-state index in [0.717, 1.165) is 17.9 Å². The van der Waals surface area contributed by atoms with Crippen molar-refractivity contribution in [2.24, 2.45) is 0 Å². The Labute approximate surface area is 120 Å². The van der Waals surface area contributed by atoms with Gasteiger partial charge in [-0.05, 0) is 13.8 Å². The van der Waals surface area contributed by atoms with E-state index >= 15 is 0 Å². The molecule has 0 aliphatic carbocycles. The SMILES string of the molecule is CCn1nc(C)c(Cl)c1CSc1nc(N)cc(N)n1. The Kier molecular flexibility index (Phi) is 4.16. The Morgan fingerprint density at radius 1 is 1.32 bits per heavy atom. The van der Waals surface area contributed by atoms with Crippen LogP contribution in [0.25, 0.3) is 0 Å². The first-order valence-electron chi connectivity index (χ1n) is 5.76. The summed E-state index contributed by atoms with van der Waals surface area (Å²) < 4.78 is 1.88. The largest absolute Gasteiger partial charge is 0.383 e. The smallest absolute Gasteiger partial charge is 0.191 e. The number of aryl methyl sites for hydroxylation is 2. The zero-order chi connectivity index (χ0) is 14.0. The molecule has 0 aliphatic heterocycles. The van der Waals surface area contributed by atoms with Gasteiger partial charge >= 0.3 is 0 Å². The van der Waals surface area contributed by atoms with Crippen molar-refractivity contribution in [3.05, 3.63) is 22.5 Å². The molecular weight excluding hydrogens is 284 g/mol. The number of halogens is 1. The van der Waals surface area contributed by atoms with Gasteiger partial charge in [0.25, 0.3) is 0 Å². The lowest BCUT2D eigenvalue weighted by molar-refractivity contribution is 0.631. The molecule has 0 saturated heterocycles. The van der Waals surface area contributed by atoms with Crippen LogP contribution < -0.4 is 11.5 Å². The second-order valence-corrected chi connectivity index (χ2v) is 5.27. The summed E-state index contributed by atoms with van der Waals surface area (Å²) in [7, 11) is 0. The molecule has 0 amide bonds. The highest BCUT2D eigenvalue weighted by atomic mass is 35.5. The summed E-state index contributed by atoms with van der Waals surface area (Å²) in [4.78, 5) is 8.24. The van der Waals surface area contributed by atoms with Crippen LogP contribution >= 0.6 is 23.4 Å². The van der Waals surface area contributed by atoms with Crippen molar-refractivity contribution in [2.75, 3.05) is 11.5 Å². The van der Waals surface area contributed by atoms with Crippen LogP contribution in [0.4, 0.5) is 11.6 Å². The summed E-state index contributed by atoms with van der Waals surface area (Å²) in [5.74, 6) is 1.35. The summed E-state index contributed by atoms with van der Waals surface area (Å²) in [6, 6.07) is 1.53. The zero-order valence-electron chi connectivity index (χ0n) is 10.7. The Balaban J connectivity index is 2.18. The number of hydrogen-bond donors (Lipinski definition) is 2. The molecule has 2 rings (SSSR count). The molecule has 19 heavy (non-hydrogen) atoms. The van der Waals surface area contributed by atoms with Gasteiger partial charge in [-0.1, -0.05) is 23.4 Å². The molecule has 0 radical (unpaired) electrons. The highest BCUT2D eigenvalue weighted by Crippen LogP contribution is 2.27. The predicted octanol–water partition coefficient (Wildman–Crippen LogP) is 2.11. The van der Waals surface area contributed by atoms with Crippen molar-refractivity contribution in [3.8, 4) is 0 Å². The molecule has 2 aromatic rings. The standard InChI is InChI=1S/C11H15ClN6S/c1-3-18-7(10(12)6(2)17-18)5-19-11-15-8(13)4-9(14)16-11/h4H,3,5H2,1-2H3,(H4,13,14,15,16). The van der Waals surface area contributed by atoms with Crippen LogP contribution in [-0.2, 0) is 12.3 Å². The maximum Gasteiger partial charge on any atom is 0.191 e. The van der Waals surface area contributed by atoms with Crippen LogP contribution in [0.1, 0.15) is 18.3 Å². The van der Waals surface area contributed by atoms with Gasteiger partial charge in [0.05, 0.1) is 16.4 Å². The van der Waals surface area contributed by atoms with Crippen LogP contribution in [0.5, 0.6) is 0 Å². The molecular formula is C11H15ClN6S. The predicted molar refractivity (Wildman–Crippen MR) is 78.1 cm³/mol. The lowest BCUT2D eigenvalue weighted by atomic mass is 10.4. The molecule has 4 N–H and O–H groups in total. The minimum absolute atomic E-state index is 0.362. The summed E-state index contributed by atoms with van der Waals surface area (Å²) in [6.45, 7) is 4.67. The van der Waals surface area contributed by atoms with E-state index < -0.39 is 0 Å². The highest BCUT2D eigenvalue weighted by molar-refractivity contribution is 7.98. The van der Waals surface area contributed by atoms with Crippen molar-refractivity contribution in [1.29, 1.82) is 0 Å². The Morgan fingerprint density at radius 2 is 1.95 bits per heavy atom. The third kappa shape index (κ3) is 3.10. The molecule has 8 heteroatoms. The minimum Gasteiger partial charge on any atom is -0.383 e. The van der Waals surface area contributed by atoms with Gasteiger partial charge in [0.1, 0.15) is 11.6 Å². The highest BCUT2D eigenvalue weighted by Gasteiger charge is 2.13. The van der Waals surface area contributed by atoms with E-state index in [0.29, 0.717) is 27.6 Å². The molecule has 2 aromatic heterocycles. The first-order valence-corrected chi connectivity index (χ1v) is 7.12. The second-order valence-electron chi connectivity index (χ2n) is 3.95. The number of thioether (sulfide) groups is 1. The monoisotopic (exact) mass is 298 g/mol. The van der Waals surface area contributed by atoms with Crippen LogP contribution in [0.15, 0.2) is 11.2 Å². The first kappa shape index (κ1) is 14.0. The normalized spacial score (nSPS) is 10.9. The van der Waals surface area contributed by atoms with Crippen molar-refractivity contribution < 1.29 is 0 Å². The molecule has 2 heterocycles. The molecule has 0 saturated carbocycles. The fourth-order valence-corrected chi connectivity index (χ4v) is 2.85. The molecule has 102 valence electrons. The number of hydrogen-bond acceptors (Lipinski definition) is 6. The van der Waals surface area contributed by atoms with E-state index in [9.17, 15) is 0 Å². The van der Waals surface area contributed by atoms with Crippen molar-refractivity contribution in [2.45, 2.75) is 31.3 Å². The van der Waals surface area contributed by atoms with Crippen molar-refractivity contribution >= 4 is 35.0 Å². The zero-order valence-corrected chi connectivity index (χ0v) is 12.3. The van der Waals surface area contributed by atoms with Gasteiger partial charge in [0.15, 0.2) is 5.16 Å². The van der Waals surface area contributed by atoms with Crippen molar-refractivity contribution in [3.63, 3.8) is 0 Å². The fourth-order valence-electron chi connectivity index (χ4n) is 1.67. The third-order valence-electron chi connectivity index (χ3n) is 2.54. The first-order chi connectivity index (χ1) is 9.01. The van der Waals surface area contributed by atoms with E-state index in [4.69, 9.17) is 23.1 Å². The van der Waals surface area contributed by atoms with Crippen LogP contribution in [-0.4, -0.2) is 19.7 Å². The Morgan fingerprint density at radius 3 is 2.53 bits per heavy atom. The maximum absolute atomic E-state index is 6.23. The average Bonchev–Trinajstić information content (AvgIpc) is 2.62. The Bertz CT molecular complexity index is 577. The van der Waals surface area contributed by atoms with E-state index in [1.165, 1.54) is 17.8 Å². The number of nitrogens with zero attached hydrogens (tertiary/aromatic N) is 4. The van der Waals surface area contributed by atoms with Crippen LogP contribution in [0.3, 0.4) is 0 Å². The van der Waals surface area contributed by atoms with Gasteiger partial charge in [0, 0.05) is 18.4 Å². The molecule has 0 aromatic carbocycles. The van der Waals surface area contributed by atoms with Gasteiger partial charge < -0.3 is 11.5 Å². The number of anilines is 2. The Hall–Kier alpha value is -1.47. The van der Waals surface area contributed by atoms with E-state index in [1.807, 2.05) is 18.5 Å². The van der Waals surface area contributed by atoms with E-state index in [2.05, 4.69) is 15.1 Å². The van der Waals surface area contributed by atoms with Gasteiger partial charge in [-0.2, -0.15) is 5.10 Å². The lowest BCUT2D eigenvalue weighted by Crippen LogP contribution is -2.03. The maximum atomic E-state index is 6.23. The van der Waals surface area contributed by atoms with Gasteiger partial charge in [0.2, 0.25) is 0 Å². The number of nitrogens with two attached hydrogens (primary N) is 2. The number of nitrogen functional groups attached to an aromatic ring is 2. The van der Waals surface area contributed by atoms with Crippen molar-refractivity contribution in [1.82, 2.24) is 19.7 Å². The minimum atomic E-state index is 0.362. The topological polar surface area (TPSA) is 95.6 Å². The molecule has 0 atom stereocenters. The lowest BCUT2D eigenvalue weighted by Gasteiger charge is -2.05.